The molecule has 17 heavy (non-hydrogen) atoms. The number of amides is 1. The van der Waals surface area contributed by atoms with E-state index in [0.717, 1.165) is 32.2 Å². The molecule has 1 saturated carbocycles. The highest BCUT2D eigenvalue weighted by Crippen LogP contribution is 2.29. The van der Waals surface area contributed by atoms with Crippen LogP contribution in [0.3, 0.4) is 0 Å². The summed E-state index contributed by atoms with van der Waals surface area (Å²) in [6.07, 6.45) is 5.52. The first kappa shape index (κ1) is 12.8. The Labute approximate surface area is 103 Å². The number of aliphatic hydroxyl groups is 1. The molecule has 0 aromatic carbocycles. The molecule has 2 N–H and O–H groups in total. The van der Waals surface area contributed by atoms with Gasteiger partial charge in [-0.25, -0.2) is 0 Å². The van der Waals surface area contributed by atoms with Crippen LogP contribution in [0, 0.1) is 5.92 Å². The molecule has 0 aromatic heterocycles. The fraction of sp³-hybridized carbons (Fsp3) is 0.923. The van der Waals surface area contributed by atoms with Gasteiger partial charge in [-0.2, -0.15) is 0 Å². The van der Waals surface area contributed by atoms with Gasteiger partial charge in [0.1, 0.15) is 0 Å². The zero-order valence-corrected chi connectivity index (χ0v) is 10.7. The highest BCUT2D eigenvalue weighted by Gasteiger charge is 2.36. The molecule has 2 aliphatic rings. The van der Waals surface area contributed by atoms with E-state index < -0.39 is 0 Å². The molecule has 0 aromatic rings. The van der Waals surface area contributed by atoms with Crippen molar-refractivity contribution in [3.05, 3.63) is 0 Å². The lowest BCUT2D eigenvalue weighted by Crippen LogP contribution is -2.51. The van der Waals surface area contributed by atoms with Gasteiger partial charge in [0, 0.05) is 12.6 Å². The van der Waals surface area contributed by atoms with Crippen LogP contribution >= 0.6 is 0 Å². The summed E-state index contributed by atoms with van der Waals surface area (Å²) >= 11 is 0. The van der Waals surface area contributed by atoms with Crippen LogP contribution in [-0.2, 0) is 4.79 Å². The molecule has 1 aliphatic carbocycles. The monoisotopic (exact) mass is 240 g/mol. The number of piperidine rings is 1. The molecule has 2 fully saturated rings. The number of hydrogen-bond donors (Lipinski definition) is 2. The van der Waals surface area contributed by atoms with Crippen LogP contribution in [0.5, 0.6) is 0 Å². The van der Waals surface area contributed by atoms with Gasteiger partial charge in [0.15, 0.2) is 0 Å². The number of aliphatic hydroxyl groups excluding tert-OH is 1. The Balaban J connectivity index is 1.92. The molecule has 2 atom stereocenters. The zero-order chi connectivity index (χ0) is 12.3. The Morgan fingerprint density at radius 2 is 2.18 bits per heavy atom. The van der Waals surface area contributed by atoms with E-state index in [1.165, 1.54) is 6.42 Å². The third-order valence-electron chi connectivity index (χ3n) is 4.00. The van der Waals surface area contributed by atoms with E-state index in [4.69, 9.17) is 5.11 Å². The Bertz CT molecular complexity index is 266. The van der Waals surface area contributed by atoms with Crippen molar-refractivity contribution in [2.24, 2.45) is 5.92 Å². The summed E-state index contributed by atoms with van der Waals surface area (Å²) in [5, 5.41) is 12.4. The van der Waals surface area contributed by atoms with Crippen LogP contribution in [0.2, 0.25) is 0 Å². The number of carbonyl (C=O) groups excluding carboxylic acids is 1. The maximum absolute atomic E-state index is 12.4. The summed E-state index contributed by atoms with van der Waals surface area (Å²) in [5.41, 5.74) is 0. The van der Waals surface area contributed by atoms with Crippen molar-refractivity contribution >= 4 is 5.91 Å². The highest BCUT2D eigenvalue weighted by atomic mass is 16.3. The topological polar surface area (TPSA) is 52.6 Å². The Kier molecular flexibility index (Phi) is 4.40. The van der Waals surface area contributed by atoms with E-state index >= 15 is 0 Å². The Morgan fingerprint density at radius 1 is 1.41 bits per heavy atom. The second-order valence-electron chi connectivity index (χ2n) is 5.29. The minimum absolute atomic E-state index is 0.0131. The van der Waals surface area contributed by atoms with Gasteiger partial charge in [-0.1, -0.05) is 13.3 Å². The average molecular weight is 240 g/mol. The lowest BCUT2D eigenvalue weighted by Gasteiger charge is -2.33. The van der Waals surface area contributed by atoms with Crippen LogP contribution in [0.25, 0.3) is 0 Å². The molecular weight excluding hydrogens is 216 g/mol. The van der Waals surface area contributed by atoms with Crippen molar-refractivity contribution in [2.45, 2.75) is 51.1 Å². The number of nitrogens with one attached hydrogen (secondary N) is 1. The fourth-order valence-electron chi connectivity index (χ4n) is 2.72. The molecule has 98 valence electrons. The lowest BCUT2D eigenvalue weighted by molar-refractivity contribution is -0.135. The minimum atomic E-state index is -0.0131. The fourth-order valence-corrected chi connectivity index (χ4v) is 2.72. The van der Waals surface area contributed by atoms with Gasteiger partial charge in [0.05, 0.1) is 12.6 Å². The van der Waals surface area contributed by atoms with Gasteiger partial charge < -0.3 is 15.3 Å². The zero-order valence-electron chi connectivity index (χ0n) is 10.7. The smallest absolute Gasteiger partial charge is 0.240 e. The third-order valence-corrected chi connectivity index (χ3v) is 4.00. The number of nitrogens with zero attached hydrogens (tertiary/aromatic N) is 1. The lowest BCUT2D eigenvalue weighted by atomic mass is 9.90. The predicted octanol–water partition coefficient (Wildman–Crippen LogP) is 0.748. The van der Waals surface area contributed by atoms with Gasteiger partial charge >= 0.3 is 0 Å². The molecule has 0 radical (unpaired) electrons. The highest BCUT2D eigenvalue weighted by molar-refractivity contribution is 5.82. The van der Waals surface area contributed by atoms with Crippen molar-refractivity contribution in [3.8, 4) is 0 Å². The van der Waals surface area contributed by atoms with E-state index in [9.17, 15) is 4.79 Å². The first-order chi connectivity index (χ1) is 8.26. The van der Waals surface area contributed by atoms with Crippen LogP contribution < -0.4 is 5.32 Å². The van der Waals surface area contributed by atoms with Crippen LogP contribution in [0.1, 0.15) is 39.0 Å². The van der Waals surface area contributed by atoms with Crippen LogP contribution in [0.4, 0.5) is 0 Å². The molecule has 1 amide bonds. The molecule has 1 saturated heterocycles. The van der Waals surface area contributed by atoms with E-state index in [2.05, 4.69) is 12.2 Å². The van der Waals surface area contributed by atoms with E-state index in [1.54, 1.807) is 0 Å². The predicted molar refractivity (Wildman–Crippen MR) is 66.6 cm³/mol. The van der Waals surface area contributed by atoms with E-state index in [1.807, 2.05) is 4.90 Å². The molecule has 1 aliphatic heterocycles. The van der Waals surface area contributed by atoms with Crippen molar-refractivity contribution < 1.29 is 9.90 Å². The molecule has 4 nitrogen and oxygen atoms in total. The van der Waals surface area contributed by atoms with Gasteiger partial charge in [-0.3, -0.25) is 4.79 Å². The SMILES string of the molecule is CCC1CCNC(C(=O)N(CCO)C2CC2)C1. The quantitative estimate of drug-likeness (QED) is 0.745. The summed E-state index contributed by atoms with van der Waals surface area (Å²) in [5.74, 6) is 0.889. The molecule has 2 unspecified atom stereocenters. The van der Waals surface area contributed by atoms with Crippen molar-refractivity contribution in [3.63, 3.8) is 0 Å². The summed E-state index contributed by atoms with van der Waals surface area (Å²) in [7, 11) is 0. The van der Waals surface area contributed by atoms with Gasteiger partial charge in [0.25, 0.3) is 0 Å². The maximum atomic E-state index is 12.4. The van der Waals surface area contributed by atoms with E-state index in [-0.39, 0.29) is 18.6 Å². The van der Waals surface area contributed by atoms with E-state index in [0.29, 0.717) is 18.5 Å². The standard InChI is InChI=1S/C13H24N2O2/c1-2-10-5-6-14-12(9-10)13(17)15(7-8-16)11-3-4-11/h10-12,14,16H,2-9H2,1H3. The van der Waals surface area contributed by atoms with Crippen molar-refractivity contribution in [1.29, 1.82) is 0 Å². The van der Waals surface area contributed by atoms with Crippen molar-refractivity contribution in [1.82, 2.24) is 10.2 Å². The van der Waals surface area contributed by atoms with Crippen molar-refractivity contribution in [2.75, 3.05) is 19.7 Å². The summed E-state index contributed by atoms with van der Waals surface area (Å²) in [6, 6.07) is 0.388. The number of rotatable bonds is 5. The Morgan fingerprint density at radius 3 is 2.76 bits per heavy atom. The largest absolute Gasteiger partial charge is 0.395 e. The molecule has 4 heteroatoms. The number of carbonyl (C=O) groups is 1. The van der Waals surface area contributed by atoms with Crippen LogP contribution in [0.15, 0.2) is 0 Å². The first-order valence-electron chi connectivity index (χ1n) is 6.91. The summed E-state index contributed by atoms with van der Waals surface area (Å²) < 4.78 is 0. The molecule has 0 spiro atoms. The normalized spacial score (nSPS) is 29.1. The minimum Gasteiger partial charge on any atom is -0.395 e. The molecule has 2 rings (SSSR count). The summed E-state index contributed by atoms with van der Waals surface area (Å²) in [4.78, 5) is 14.3. The van der Waals surface area contributed by atoms with Gasteiger partial charge in [-0.05, 0) is 38.1 Å². The maximum Gasteiger partial charge on any atom is 0.240 e. The average Bonchev–Trinajstić information content (AvgIpc) is 3.19. The molecule has 1 heterocycles. The second-order valence-corrected chi connectivity index (χ2v) is 5.29. The van der Waals surface area contributed by atoms with Crippen LogP contribution in [-0.4, -0.2) is 47.7 Å². The first-order valence-corrected chi connectivity index (χ1v) is 6.91. The molecular formula is C13H24N2O2. The third kappa shape index (κ3) is 3.19. The number of hydrogen-bond acceptors (Lipinski definition) is 3. The van der Waals surface area contributed by atoms with Gasteiger partial charge in [0.2, 0.25) is 5.91 Å². The van der Waals surface area contributed by atoms with Gasteiger partial charge in [-0.15, -0.1) is 0 Å². The molecule has 0 bridgehead atoms. The summed E-state index contributed by atoms with van der Waals surface area (Å²) in [6.45, 7) is 3.72. The Hall–Kier alpha value is -0.610. The second kappa shape index (κ2) is 5.83.